The summed E-state index contributed by atoms with van der Waals surface area (Å²) >= 11 is 2.97. The first kappa shape index (κ1) is 19.2. The monoisotopic (exact) mass is 414 g/mol. The molecule has 0 saturated carbocycles. The first-order chi connectivity index (χ1) is 13.5. The summed E-state index contributed by atoms with van der Waals surface area (Å²) in [5, 5.41) is 1.02. The fraction of sp³-hybridized carbons (Fsp3) is 0.381. The maximum atomic E-state index is 13.0. The second kappa shape index (κ2) is 7.72. The molecule has 146 valence electrons. The van der Waals surface area contributed by atoms with Gasteiger partial charge in [-0.15, -0.1) is 11.3 Å². The molecule has 0 saturated heterocycles. The van der Waals surface area contributed by atoms with Crippen LogP contribution in [0.4, 0.5) is 0 Å². The summed E-state index contributed by atoms with van der Waals surface area (Å²) in [5.41, 5.74) is 1.81. The van der Waals surface area contributed by atoms with E-state index in [0.29, 0.717) is 16.5 Å². The molecule has 1 aliphatic carbocycles. The Morgan fingerprint density at radius 3 is 2.68 bits per heavy atom. The third-order valence-corrected chi connectivity index (χ3v) is 7.51. The number of fused-ring (bicyclic) bond motifs is 3. The zero-order valence-electron chi connectivity index (χ0n) is 16.2. The SMILES string of the molecule is COc1ccc(C(=O)[C@H](C)Sc2nc3sc4c(c3c(=O)n2C)CCCC4)cc1. The van der Waals surface area contributed by atoms with Crippen molar-refractivity contribution in [2.24, 2.45) is 7.05 Å². The lowest BCUT2D eigenvalue weighted by Crippen LogP contribution is -2.22. The maximum absolute atomic E-state index is 13.0. The topological polar surface area (TPSA) is 61.2 Å². The molecule has 5 nitrogen and oxygen atoms in total. The van der Waals surface area contributed by atoms with Crippen LogP contribution in [0, 0.1) is 0 Å². The molecular formula is C21H22N2O3S2. The highest BCUT2D eigenvalue weighted by Gasteiger charge is 2.23. The average molecular weight is 415 g/mol. The molecule has 0 amide bonds. The zero-order valence-corrected chi connectivity index (χ0v) is 17.8. The lowest BCUT2D eigenvalue weighted by atomic mass is 9.97. The van der Waals surface area contributed by atoms with Gasteiger partial charge in [0.05, 0.1) is 17.7 Å². The molecule has 0 bridgehead atoms. The van der Waals surface area contributed by atoms with Crippen LogP contribution in [0.25, 0.3) is 10.2 Å². The minimum Gasteiger partial charge on any atom is -0.497 e. The molecule has 3 aromatic rings. The van der Waals surface area contributed by atoms with E-state index in [9.17, 15) is 9.59 Å². The maximum Gasteiger partial charge on any atom is 0.262 e. The molecule has 1 aromatic carbocycles. The quantitative estimate of drug-likeness (QED) is 0.355. The van der Waals surface area contributed by atoms with Crippen LogP contribution in [0.1, 0.15) is 40.6 Å². The Bertz CT molecular complexity index is 1100. The highest BCUT2D eigenvalue weighted by atomic mass is 32.2. The van der Waals surface area contributed by atoms with Crippen molar-refractivity contribution in [2.45, 2.75) is 43.0 Å². The molecule has 0 spiro atoms. The molecule has 0 N–H and O–H groups in total. The summed E-state index contributed by atoms with van der Waals surface area (Å²) < 4.78 is 6.74. The number of thiophene rings is 1. The van der Waals surface area contributed by atoms with Gasteiger partial charge < -0.3 is 4.74 Å². The first-order valence-corrected chi connectivity index (χ1v) is 11.1. The van der Waals surface area contributed by atoms with Gasteiger partial charge in [0.1, 0.15) is 10.6 Å². The van der Waals surface area contributed by atoms with E-state index < -0.39 is 0 Å². The number of methoxy groups -OCH3 is 1. The molecule has 1 atom stereocenters. The van der Waals surface area contributed by atoms with E-state index in [0.717, 1.165) is 29.5 Å². The average Bonchev–Trinajstić information content (AvgIpc) is 3.09. The van der Waals surface area contributed by atoms with Gasteiger partial charge in [0.15, 0.2) is 10.9 Å². The second-order valence-corrected chi connectivity index (χ2v) is 9.39. The van der Waals surface area contributed by atoms with Crippen LogP contribution >= 0.6 is 23.1 Å². The highest BCUT2D eigenvalue weighted by Crippen LogP contribution is 2.35. The first-order valence-electron chi connectivity index (χ1n) is 9.35. The number of Topliss-reactive ketones (excluding diaryl/α,β-unsaturated/α-hetero) is 1. The number of nitrogens with zero attached hydrogens (tertiary/aromatic N) is 2. The number of ketones is 1. The van der Waals surface area contributed by atoms with Crippen molar-refractivity contribution in [3.63, 3.8) is 0 Å². The van der Waals surface area contributed by atoms with E-state index >= 15 is 0 Å². The Morgan fingerprint density at radius 1 is 1.25 bits per heavy atom. The van der Waals surface area contributed by atoms with Crippen LogP contribution in [-0.2, 0) is 19.9 Å². The van der Waals surface area contributed by atoms with Crippen molar-refractivity contribution in [3.8, 4) is 5.75 Å². The lowest BCUT2D eigenvalue weighted by Gasteiger charge is -2.13. The van der Waals surface area contributed by atoms with Gasteiger partial charge in [0.25, 0.3) is 5.56 Å². The van der Waals surface area contributed by atoms with E-state index in [-0.39, 0.29) is 16.6 Å². The van der Waals surface area contributed by atoms with Gasteiger partial charge >= 0.3 is 0 Å². The lowest BCUT2D eigenvalue weighted by molar-refractivity contribution is 0.0994. The molecule has 28 heavy (non-hydrogen) atoms. The molecule has 4 rings (SSSR count). The van der Waals surface area contributed by atoms with E-state index in [1.165, 1.54) is 28.6 Å². The van der Waals surface area contributed by atoms with Gasteiger partial charge in [-0.1, -0.05) is 11.8 Å². The minimum absolute atomic E-state index is 0.00371. The Balaban J connectivity index is 1.64. The predicted octanol–water partition coefficient (Wildman–Crippen LogP) is 4.25. The van der Waals surface area contributed by atoms with Crippen molar-refractivity contribution in [3.05, 3.63) is 50.6 Å². The van der Waals surface area contributed by atoms with Gasteiger partial charge in [0.2, 0.25) is 0 Å². The van der Waals surface area contributed by atoms with Crippen LogP contribution in [0.2, 0.25) is 0 Å². The summed E-state index contributed by atoms with van der Waals surface area (Å²) in [4.78, 5) is 32.6. The van der Waals surface area contributed by atoms with Crippen molar-refractivity contribution < 1.29 is 9.53 Å². The third-order valence-electron chi connectivity index (χ3n) is 5.18. The van der Waals surface area contributed by atoms with Gasteiger partial charge in [0, 0.05) is 17.5 Å². The number of hydrogen-bond donors (Lipinski definition) is 0. The van der Waals surface area contributed by atoms with Gasteiger partial charge in [-0.05, 0) is 62.4 Å². The Labute approximate surface area is 171 Å². The number of aryl methyl sites for hydroxylation is 2. The fourth-order valence-electron chi connectivity index (χ4n) is 3.57. The second-order valence-electron chi connectivity index (χ2n) is 7.00. The van der Waals surface area contributed by atoms with Crippen LogP contribution in [0.15, 0.2) is 34.2 Å². The van der Waals surface area contributed by atoms with Crippen LogP contribution in [0.3, 0.4) is 0 Å². The molecule has 0 unspecified atom stereocenters. The largest absolute Gasteiger partial charge is 0.497 e. The number of hydrogen-bond acceptors (Lipinski definition) is 6. The third kappa shape index (κ3) is 3.37. The van der Waals surface area contributed by atoms with Gasteiger partial charge in [-0.2, -0.15) is 0 Å². The molecular weight excluding hydrogens is 392 g/mol. The molecule has 0 fully saturated rings. The number of ether oxygens (including phenoxy) is 1. The van der Waals surface area contributed by atoms with Crippen LogP contribution in [-0.4, -0.2) is 27.7 Å². The van der Waals surface area contributed by atoms with Crippen molar-refractivity contribution in [1.82, 2.24) is 9.55 Å². The standard InChI is InChI=1S/C21H22N2O3S2/c1-12(18(24)13-8-10-14(26-3)11-9-13)27-21-22-19-17(20(25)23(21)2)15-6-4-5-7-16(15)28-19/h8-12H,4-7H2,1-3H3/t12-/m0/s1. The molecule has 1 aliphatic rings. The summed E-state index contributed by atoms with van der Waals surface area (Å²) in [6, 6.07) is 7.09. The summed E-state index contributed by atoms with van der Waals surface area (Å²) in [6.45, 7) is 1.85. The van der Waals surface area contributed by atoms with E-state index in [1.54, 1.807) is 54.3 Å². The number of rotatable bonds is 5. The molecule has 7 heteroatoms. The van der Waals surface area contributed by atoms with Crippen molar-refractivity contribution >= 4 is 39.1 Å². The summed E-state index contributed by atoms with van der Waals surface area (Å²) in [5.74, 6) is 0.723. The number of carbonyl (C=O) groups excluding carboxylic acids is 1. The normalized spacial score (nSPS) is 14.7. The number of aromatic nitrogens is 2. The molecule has 2 aromatic heterocycles. The van der Waals surface area contributed by atoms with Crippen molar-refractivity contribution in [2.75, 3.05) is 7.11 Å². The van der Waals surface area contributed by atoms with Gasteiger partial charge in [-0.3, -0.25) is 14.2 Å². The van der Waals surface area contributed by atoms with E-state index in [2.05, 4.69) is 0 Å². The van der Waals surface area contributed by atoms with Crippen LogP contribution in [0.5, 0.6) is 5.75 Å². The Kier molecular flexibility index (Phi) is 5.29. The molecule has 0 radical (unpaired) electrons. The van der Waals surface area contributed by atoms with E-state index in [1.807, 2.05) is 6.92 Å². The molecule has 0 aliphatic heterocycles. The van der Waals surface area contributed by atoms with E-state index in [4.69, 9.17) is 9.72 Å². The van der Waals surface area contributed by atoms with Crippen molar-refractivity contribution in [1.29, 1.82) is 0 Å². The number of thioether (sulfide) groups is 1. The fourth-order valence-corrected chi connectivity index (χ4v) is 5.83. The number of carbonyl (C=O) groups is 1. The minimum atomic E-state index is -0.349. The zero-order chi connectivity index (χ0) is 19.8. The smallest absolute Gasteiger partial charge is 0.262 e. The molecule has 2 heterocycles. The Morgan fingerprint density at radius 2 is 1.96 bits per heavy atom. The predicted molar refractivity (Wildman–Crippen MR) is 114 cm³/mol. The Hall–Kier alpha value is -2.12. The number of benzene rings is 1. The van der Waals surface area contributed by atoms with Crippen LogP contribution < -0.4 is 10.3 Å². The summed E-state index contributed by atoms with van der Waals surface area (Å²) in [7, 11) is 3.34. The highest BCUT2D eigenvalue weighted by molar-refractivity contribution is 8.00. The van der Waals surface area contributed by atoms with Gasteiger partial charge in [-0.25, -0.2) is 4.98 Å². The summed E-state index contributed by atoms with van der Waals surface area (Å²) in [6.07, 6.45) is 4.31.